The van der Waals surface area contributed by atoms with Gasteiger partial charge in [-0.25, -0.2) is 9.97 Å². The van der Waals surface area contributed by atoms with Crippen LogP contribution >= 0.6 is 11.3 Å². The van der Waals surface area contributed by atoms with E-state index in [1.54, 1.807) is 18.4 Å². The topological polar surface area (TPSA) is 93.6 Å². The van der Waals surface area contributed by atoms with E-state index in [1.807, 2.05) is 12.1 Å². The molecule has 0 unspecified atom stereocenters. The van der Waals surface area contributed by atoms with Crippen molar-refractivity contribution in [1.29, 1.82) is 0 Å². The molecule has 8 heteroatoms. The van der Waals surface area contributed by atoms with Crippen LogP contribution in [0.5, 0.6) is 5.75 Å². The second kappa shape index (κ2) is 12.5. The fraction of sp³-hybridized carbons (Fsp3) is 0.433. The first kappa shape index (κ1) is 26.4. The van der Waals surface area contributed by atoms with Gasteiger partial charge in [0.2, 0.25) is 0 Å². The maximum Gasteiger partial charge on any atom is 0.303 e. The number of carboxylic acids is 1. The van der Waals surface area contributed by atoms with Crippen molar-refractivity contribution in [2.24, 2.45) is 0 Å². The van der Waals surface area contributed by atoms with Crippen molar-refractivity contribution >= 4 is 28.7 Å². The number of benzene rings is 1. The molecule has 2 aliphatic heterocycles. The number of aryl methyl sites for hydroxylation is 3. The Morgan fingerprint density at radius 1 is 1.18 bits per heavy atom. The van der Waals surface area contributed by atoms with Crippen LogP contribution in [0.2, 0.25) is 0 Å². The second-order valence-electron chi connectivity index (χ2n) is 9.94. The first-order valence-electron chi connectivity index (χ1n) is 13.4. The summed E-state index contributed by atoms with van der Waals surface area (Å²) in [5.74, 6) is 0.706. The summed E-state index contributed by atoms with van der Waals surface area (Å²) in [4.78, 5) is 21.5. The number of ether oxygens (including phenoxy) is 2. The van der Waals surface area contributed by atoms with Crippen LogP contribution in [-0.4, -0.2) is 47.9 Å². The van der Waals surface area contributed by atoms with E-state index in [4.69, 9.17) is 19.4 Å². The molecule has 1 aromatic carbocycles. The molecule has 0 bridgehead atoms. The minimum absolute atomic E-state index is 0.0207. The third-order valence-electron chi connectivity index (χ3n) is 7.25. The van der Waals surface area contributed by atoms with E-state index in [-0.39, 0.29) is 12.3 Å². The Morgan fingerprint density at radius 3 is 2.92 bits per heavy atom. The minimum atomic E-state index is -0.824. The van der Waals surface area contributed by atoms with Gasteiger partial charge in [-0.15, -0.1) is 11.3 Å². The van der Waals surface area contributed by atoms with Crippen LogP contribution in [0.3, 0.4) is 0 Å². The lowest BCUT2D eigenvalue weighted by atomic mass is 9.88. The highest BCUT2D eigenvalue weighted by Gasteiger charge is 2.23. The first-order chi connectivity index (χ1) is 18.6. The molecule has 2 aliphatic rings. The lowest BCUT2D eigenvalue weighted by molar-refractivity contribution is -0.137. The van der Waals surface area contributed by atoms with Crippen LogP contribution in [0.4, 0.5) is 5.82 Å². The highest BCUT2D eigenvalue weighted by Crippen LogP contribution is 2.35. The van der Waals surface area contributed by atoms with Crippen LogP contribution in [-0.2, 0) is 35.2 Å². The SMILES string of the molecule is COc1ccc(C2=CCOCC2)cc1[C@H](CC(=O)O)Cc1csc(CCCc2ccc3c(n2)NCCC3)n1. The largest absolute Gasteiger partial charge is 0.496 e. The quantitative estimate of drug-likeness (QED) is 0.327. The van der Waals surface area contributed by atoms with E-state index in [0.717, 1.165) is 77.7 Å². The summed E-state index contributed by atoms with van der Waals surface area (Å²) in [6.45, 7) is 2.31. The first-order valence-corrected chi connectivity index (χ1v) is 14.3. The predicted molar refractivity (Wildman–Crippen MR) is 150 cm³/mol. The zero-order valence-electron chi connectivity index (χ0n) is 21.9. The molecule has 7 nitrogen and oxygen atoms in total. The number of anilines is 1. The van der Waals surface area contributed by atoms with Crippen molar-refractivity contribution in [3.63, 3.8) is 0 Å². The van der Waals surface area contributed by atoms with Crippen LogP contribution in [0, 0.1) is 0 Å². The maximum atomic E-state index is 11.8. The van der Waals surface area contributed by atoms with Crippen LogP contribution in [0.15, 0.2) is 41.8 Å². The van der Waals surface area contributed by atoms with Gasteiger partial charge in [0.25, 0.3) is 0 Å². The van der Waals surface area contributed by atoms with Gasteiger partial charge in [-0.1, -0.05) is 18.2 Å². The number of rotatable bonds is 11. The Labute approximate surface area is 227 Å². The van der Waals surface area contributed by atoms with Crippen molar-refractivity contribution in [2.45, 2.75) is 57.3 Å². The third kappa shape index (κ3) is 6.60. The molecule has 0 saturated heterocycles. The standard InChI is InChI=1S/C30H35N3O4S/c1-36-27-10-8-22(20-11-14-37-15-12-20)17-26(27)23(18-29(34)35)16-25-19-38-28(32-25)6-2-5-24-9-7-21-4-3-13-31-30(21)33-24/h7-11,17,19,23H,2-6,12-16,18H2,1H3,(H,31,33)(H,34,35)/t23-/m0/s1. The van der Waals surface area contributed by atoms with Crippen LogP contribution < -0.4 is 10.1 Å². The normalized spacial score (nSPS) is 15.8. The zero-order valence-corrected chi connectivity index (χ0v) is 22.7. The number of carboxylic acid groups (broad SMARTS) is 1. The molecule has 200 valence electrons. The van der Waals surface area contributed by atoms with Crippen molar-refractivity contribution in [3.05, 3.63) is 74.9 Å². The lowest BCUT2D eigenvalue weighted by Gasteiger charge is -2.21. The number of pyridine rings is 1. The molecule has 0 fully saturated rings. The van der Waals surface area contributed by atoms with E-state index < -0.39 is 5.97 Å². The van der Waals surface area contributed by atoms with E-state index >= 15 is 0 Å². The molecule has 38 heavy (non-hydrogen) atoms. The molecule has 3 aromatic rings. The summed E-state index contributed by atoms with van der Waals surface area (Å²) in [5.41, 5.74) is 6.61. The van der Waals surface area contributed by atoms with Gasteiger partial charge in [0, 0.05) is 23.5 Å². The second-order valence-corrected chi connectivity index (χ2v) is 10.9. The predicted octanol–water partition coefficient (Wildman–Crippen LogP) is 5.68. The molecular formula is C30H35N3O4S. The molecular weight excluding hydrogens is 498 g/mol. The van der Waals surface area contributed by atoms with Gasteiger partial charge in [-0.3, -0.25) is 4.79 Å². The number of nitrogens with zero attached hydrogens (tertiary/aromatic N) is 2. The monoisotopic (exact) mass is 533 g/mol. The summed E-state index contributed by atoms with van der Waals surface area (Å²) in [6.07, 6.45) is 8.57. The summed E-state index contributed by atoms with van der Waals surface area (Å²) < 4.78 is 11.1. The smallest absolute Gasteiger partial charge is 0.303 e. The van der Waals surface area contributed by atoms with E-state index in [0.29, 0.717) is 19.6 Å². The molecule has 5 rings (SSSR count). The summed E-state index contributed by atoms with van der Waals surface area (Å²) >= 11 is 1.65. The van der Waals surface area contributed by atoms with Crippen molar-refractivity contribution in [3.8, 4) is 5.75 Å². The van der Waals surface area contributed by atoms with E-state index in [9.17, 15) is 9.90 Å². The Bertz CT molecular complexity index is 1300. The highest BCUT2D eigenvalue weighted by molar-refractivity contribution is 7.09. The van der Waals surface area contributed by atoms with Crippen LogP contribution in [0.25, 0.3) is 5.57 Å². The fourth-order valence-electron chi connectivity index (χ4n) is 5.28. The van der Waals surface area contributed by atoms with Gasteiger partial charge in [-0.2, -0.15) is 0 Å². The van der Waals surface area contributed by atoms with Crippen molar-refractivity contribution in [1.82, 2.24) is 9.97 Å². The summed E-state index contributed by atoms with van der Waals surface area (Å²) in [7, 11) is 1.64. The van der Waals surface area contributed by atoms with Gasteiger partial charge in [0.1, 0.15) is 11.6 Å². The van der Waals surface area contributed by atoms with Gasteiger partial charge >= 0.3 is 5.97 Å². The van der Waals surface area contributed by atoms with E-state index in [1.165, 1.54) is 17.6 Å². The number of aromatic nitrogens is 2. The minimum Gasteiger partial charge on any atom is -0.496 e. The fourth-order valence-corrected chi connectivity index (χ4v) is 6.14. The molecule has 0 spiro atoms. The summed E-state index contributed by atoms with van der Waals surface area (Å²) in [6, 6.07) is 10.4. The Hall–Kier alpha value is -3.23. The van der Waals surface area contributed by atoms with Crippen molar-refractivity contribution < 1.29 is 19.4 Å². The van der Waals surface area contributed by atoms with Crippen molar-refractivity contribution in [2.75, 3.05) is 32.2 Å². The number of nitrogens with one attached hydrogen (secondary N) is 1. The van der Waals surface area contributed by atoms with Crippen LogP contribution in [0.1, 0.15) is 64.7 Å². The number of carbonyl (C=O) groups is 1. The maximum absolute atomic E-state index is 11.8. The number of methoxy groups -OCH3 is 1. The van der Waals surface area contributed by atoms with Gasteiger partial charge in [0.05, 0.1) is 37.4 Å². The molecule has 4 heterocycles. The molecule has 0 aliphatic carbocycles. The Morgan fingerprint density at radius 2 is 2.11 bits per heavy atom. The highest BCUT2D eigenvalue weighted by atomic mass is 32.1. The molecule has 1 atom stereocenters. The third-order valence-corrected chi connectivity index (χ3v) is 8.21. The van der Waals surface area contributed by atoms with Gasteiger partial charge < -0.3 is 19.9 Å². The van der Waals surface area contributed by atoms with E-state index in [2.05, 4.69) is 35.0 Å². The number of fused-ring (bicyclic) bond motifs is 1. The number of aliphatic carboxylic acids is 1. The molecule has 2 N–H and O–H groups in total. The molecule has 0 radical (unpaired) electrons. The molecule has 0 saturated carbocycles. The lowest BCUT2D eigenvalue weighted by Crippen LogP contribution is -2.14. The zero-order chi connectivity index (χ0) is 26.3. The Balaban J connectivity index is 1.26. The number of hydrogen-bond donors (Lipinski definition) is 2. The summed E-state index contributed by atoms with van der Waals surface area (Å²) in [5, 5.41) is 16.3. The number of thiazole rings is 1. The number of hydrogen-bond acceptors (Lipinski definition) is 7. The molecule has 2 aromatic heterocycles. The molecule has 0 amide bonds. The van der Waals surface area contributed by atoms with Gasteiger partial charge in [0.15, 0.2) is 0 Å². The Kier molecular flexibility index (Phi) is 8.71. The average Bonchev–Trinajstić information content (AvgIpc) is 3.39. The average molecular weight is 534 g/mol. The van der Waals surface area contributed by atoms with Gasteiger partial charge in [-0.05, 0) is 85.4 Å².